The summed E-state index contributed by atoms with van der Waals surface area (Å²) in [6.07, 6.45) is 0. The molecule has 0 aromatic heterocycles. The Morgan fingerprint density at radius 1 is 1.54 bits per heavy atom. The van der Waals surface area contributed by atoms with Crippen LogP contribution in [-0.2, 0) is 4.74 Å². The van der Waals surface area contributed by atoms with E-state index < -0.39 is 0 Å². The molecule has 0 aromatic rings. The zero-order chi connectivity index (χ0) is 10.1. The van der Waals surface area contributed by atoms with Crippen LogP contribution in [0.1, 0.15) is 13.8 Å². The zero-order valence-electron chi connectivity index (χ0n) is 8.63. The van der Waals surface area contributed by atoms with Crippen LogP contribution in [0.25, 0.3) is 0 Å². The maximum atomic E-state index is 5.35. The topological polar surface area (TPSA) is 71.7 Å². The van der Waals surface area contributed by atoms with Crippen molar-refractivity contribution in [1.82, 2.24) is 10.7 Å². The van der Waals surface area contributed by atoms with Crippen LogP contribution in [0.3, 0.4) is 0 Å². The summed E-state index contributed by atoms with van der Waals surface area (Å²) in [5.41, 5.74) is 2.43. The molecule has 5 heteroatoms. The van der Waals surface area contributed by atoms with Crippen molar-refractivity contribution in [3.63, 3.8) is 0 Å². The van der Waals surface area contributed by atoms with E-state index >= 15 is 0 Å². The first kappa shape index (κ1) is 12.2. The van der Waals surface area contributed by atoms with Gasteiger partial charge in [-0.1, -0.05) is 13.8 Å². The molecular formula is C8H20N4O. The first-order valence-corrected chi connectivity index (χ1v) is 4.45. The summed E-state index contributed by atoms with van der Waals surface area (Å²) in [7, 11) is 1.66. The van der Waals surface area contributed by atoms with Crippen molar-refractivity contribution in [3.8, 4) is 0 Å². The molecular weight excluding hydrogens is 168 g/mol. The number of nitrogens with two attached hydrogens (primary N) is 1. The first-order chi connectivity index (χ1) is 6.20. The number of aliphatic imine (C=N–C) groups is 1. The Hall–Kier alpha value is -0.810. The number of ether oxygens (including phenoxy) is 1. The fraction of sp³-hybridized carbons (Fsp3) is 0.875. The number of nitrogens with one attached hydrogen (secondary N) is 2. The normalized spacial score (nSPS) is 11.9. The first-order valence-electron chi connectivity index (χ1n) is 4.45. The molecule has 0 saturated heterocycles. The van der Waals surface area contributed by atoms with E-state index in [0.29, 0.717) is 25.0 Å². The highest BCUT2D eigenvalue weighted by atomic mass is 16.5. The molecule has 0 aliphatic rings. The van der Waals surface area contributed by atoms with Crippen LogP contribution in [0.15, 0.2) is 4.99 Å². The molecule has 0 aromatic carbocycles. The molecule has 0 bridgehead atoms. The van der Waals surface area contributed by atoms with Gasteiger partial charge in [0.1, 0.15) is 0 Å². The van der Waals surface area contributed by atoms with Crippen LogP contribution in [0.5, 0.6) is 0 Å². The van der Waals surface area contributed by atoms with Gasteiger partial charge in [-0.15, -0.1) is 0 Å². The quantitative estimate of drug-likeness (QED) is 0.182. The number of hydrogen-bond donors (Lipinski definition) is 3. The largest absolute Gasteiger partial charge is 0.379 e. The minimum absolute atomic E-state index is 0.576. The highest BCUT2D eigenvalue weighted by molar-refractivity contribution is 5.78. The van der Waals surface area contributed by atoms with Crippen molar-refractivity contribution in [2.75, 3.05) is 26.8 Å². The SMILES string of the molecule is CN=C(NN)NCCOCC(C)C. The Kier molecular flexibility index (Phi) is 7.33. The zero-order valence-corrected chi connectivity index (χ0v) is 8.63. The molecule has 0 unspecified atom stereocenters. The van der Waals surface area contributed by atoms with Crippen LogP contribution in [0, 0.1) is 5.92 Å². The third-order valence-electron chi connectivity index (χ3n) is 1.35. The number of guanidine groups is 1. The second-order valence-corrected chi connectivity index (χ2v) is 3.11. The third-order valence-corrected chi connectivity index (χ3v) is 1.35. The summed E-state index contributed by atoms with van der Waals surface area (Å²) in [5, 5.41) is 2.98. The Labute approximate surface area is 79.7 Å². The predicted octanol–water partition coefficient (Wildman–Crippen LogP) is -0.302. The van der Waals surface area contributed by atoms with Gasteiger partial charge in [0, 0.05) is 20.2 Å². The highest BCUT2D eigenvalue weighted by Crippen LogP contribution is 1.90. The second-order valence-electron chi connectivity index (χ2n) is 3.11. The molecule has 0 atom stereocenters. The lowest BCUT2D eigenvalue weighted by Crippen LogP contribution is -2.42. The predicted molar refractivity (Wildman–Crippen MR) is 54.3 cm³/mol. The number of rotatable bonds is 5. The van der Waals surface area contributed by atoms with Gasteiger partial charge in [0.15, 0.2) is 0 Å². The van der Waals surface area contributed by atoms with Crippen LogP contribution in [-0.4, -0.2) is 32.8 Å². The van der Waals surface area contributed by atoms with Crippen molar-refractivity contribution in [2.24, 2.45) is 16.8 Å². The van der Waals surface area contributed by atoms with E-state index in [0.717, 1.165) is 6.61 Å². The average molecular weight is 188 g/mol. The monoisotopic (exact) mass is 188 g/mol. The number of hydrogen-bond acceptors (Lipinski definition) is 3. The van der Waals surface area contributed by atoms with Crippen molar-refractivity contribution in [1.29, 1.82) is 0 Å². The van der Waals surface area contributed by atoms with Crippen molar-refractivity contribution < 1.29 is 4.74 Å². The molecule has 0 aliphatic heterocycles. The van der Waals surface area contributed by atoms with Gasteiger partial charge in [-0.3, -0.25) is 10.4 Å². The Morgan fingerprint density at radius 3 is 2.69 bits per heavy atom. The van der Waals surface area contributed by atoms with Crippen LogP contribution in [0.2, 0.25) is 0 Å². The van der Waals surface area contributed by atoms with E-state index in [4.69, 9.17) is 10.6 Å². The van der Waals surface area contributed by atoms with Gasteiger partial charge in [0.05, 0.1) is 6.61 Å². The second kappa shape index (κ2) is 7.82. The molecule has 0 saturated carbocycles. The molecule has 0 fully saturated rings. The maximum Gasteiger partial charge on any atom is 0.205 e. The van der Waals surface area contributed by atoms with E-state index in [-0.39, 0.29) is 0 Å². The van der Waals surface area contributed by atoms with Crippen LogP contribution >= 0.6 is 0 Å². The summed E-state index contributed by atoms with van der Waals surface area (Å²) in [6.45, 7) is 6.40. The third kappa shape index (κ3) is 7.55. The van der Waals surface area contributed by atoms with Crippen molar-refractivity contribution in [3.05, 3.63) is 0 Å². The lowest BCUT2D eigenvalue weighted by molar-refractivity contribution is 0.114. The summed E-state index contributed by atoms with van der Waals surface area (Å²) in [5.74, 6) is 6.32. The Balaban J connectivity index is 3.25. The maximum absolute atomic E-state index is 5.35. The summed E-state index contributed by atoms with van der Waals surface area (Å²) in [6, 6.07) is 0. The van der Waals surface area contributed by atoms with E-state index in [1.807, 2.05) is 0 Å². The molecule has 4 N–H and O–H groups in total. The van der Waals surface area contributed by atoms with Gasteiger partial charge in [0.2, 0.25) is 5.96 Å². The van der Waals surface area contributed by atoms with E-state index in [2.05, 4.69) is 29.6 Å². The van der Waals surface area contributed by atoms with E-state index in [1.54, 1.807) is 7.05 Å². The molecule has 0 amide bonds. The number of nitrogens with zero attached hydrogens (tertiary/aromatic N) is 1. The number of hydrazine groups is 1. The molecule has 0 spiro atoms. The summed E-state index contributed by atoms with van der Waals surface area (Å²) in [4.78, 5) is 3.85. The smallest absolute Gasteiger partial charge is 0.205 e. The molecule has 78 valence electrons. The van der Waals surface area contributed by atoms with Crippen molar-refractivity contribution >= 4 is 5.96 Å². The van der Waals surface area contributed by atoms with E-state index in [9.17, 15) is 0 Å². The average Bonchev–Trinajstić information content (AvgIpc) is 2.11. The Morgan fingerprint density at radius 2 is 2.23 bits per heavy atom. The minimum Gasteiger partial charge on any atom is -0.379 e. The standard InChI is InChI=1S/C8H20N4O/c1-7(2)6-13-5-4-11-8(10-3)12-9/h7H,4-6,9H2,1-3H3,(H2,10,11,12). The fourth-order valence-corrected chi connectivity index (χ4v) is 0.755. The van der Waals surface area contributed by atoms with Crippen LogP contribution < -0.4 is 16.6 Å². The van der Waals surface area contributed by atoms with Gasteiger partial charge in [-0.2, -0.15) is 0 Å². The Bertz CT molecular complexity index is 147. The molecule has 0 aliphatic carbocycles. The van der Waals surface area contributed by atoms with Crippen molar-refractivity contribution in [2.45, 2.75) is 13.8 Å². The molecule has 13 heavy (non-hydrogen) atoms. The fourth-order valence-electron chi connectivity index (χ4n) is 0.755. The minimum atomic E-state index is 0.576. The van der Waals surface area contributed by atoms with Gasteiger partial charge < -0.3 is 10.1 Å². The van der Waals surface area contributed by atoms with Gasteiger partial charge in [-0.25, -0.2) is 5.84 Å². The molecule has 0 radical (unpaired) electrons. The lowest BCUT2D eigenvalue weighted by Gasteiger charge is -2.09. The summed E-state index contributed by atoms with van der Waals surface area (Å²) < 4.78 is 5.35. The highest BCUT2D eigenvalue weighted by Gasteiger charge is 1.94. The molecule has 0 heterocycles. The van der Waals surface area contributed by atoms with Crippen LogP contribution in [0.4, 0.5) is 0 Å². The van der Waals surface area contributed by atoms with Gasteiger partial charge in [0.25, 0.3) is 0 Å². The van der Waals surface area contributed by atoms with Gasteiger partial charge in [-0.05, 0) is 5.92 Å². The molecule has 0 rings (SSSR count). The summed E-state index contributed by atoms with van der Waals surface area (Å²) >= 11 is 0. The van der Waals surface area contributed by atoms with E-state index in [1.165, 1.54) is 0 Å². The molecule has 5 nitrogen and oxygen atoms in total. The lowest BCUT2D eigenvalue weighted by atomic mass is 10.2. The van der Waals surface area contributed by atoms with Gasteiger partial charge >= 0.3 is 0 Å².